The minimum absolute atomic E-state index is 0.118. The molecule has 2 aliphatic heterocycles. The summed E-state index contributed by atoms with van der Waals surface area (Å²) in [6.45, 7) is 4.24. The zero-order chi connectivity index (χ0) is 19.1. The highest BCUT2D eigenvalue weighted by Gasteiger charge is 2.44. The highest BCUT2D eigenvalue weighted by atomic mass is 16.5. The van der Waals surface area contributed by atoms with Crippen LogP contribution in [0.3, 0.4) is 0 Å². The zero-order valence-corrected chi connectivity index (χ0v) is 15.3. The molecule has 2 aromatic heterocycles. The van der Waals surface area contributed by atoms with Crippen LogP contribution in [0, 0.1) is 0 Å². The first kappa shape index (κ1) is 17.2. The Balaban J connectivity index is 1.57. The molecule has 28 heavy (non-hydrogen) atoms. The van der Waals surface area contributed by atoms with Crippen molar-refractivity contribution in [3.05, 3.63) is 70.0 Å². The molecule has 0 N–H and O–H groups in total. The molecule has 0 saturated carbocycles. The number of carbonyl (C=O) groups excluding carboxylic acids is 1. The minimum Gasteiger partial charge on any atom is -0.467 e. The van der Waals surface area contributed by atoms with Crippen LogP contribution in [0.15, 0.2) is 56.3 Å². The molecule has 0 aliphatic carbocycles. The van der Waals surface area contributed by atoms with Gasteiger partial charge in [0.05, 0.1) is 30.4 Å². The van der Waals surface area contributed by atoms with Crippen LogP contribution >= 0.6 is 0 Å². The number of amides is 1. The smallest absolute Gasteiger partial charge is 0.291 e. The molecule has 1 aromatic carbocycles. The maximum Gasteiger partial charge on any atom is 0.291 e. The number of rotatable bonds is 4. The van der Waals surface area contributed by atoms with Crippen LogP contribution < -0.4 is 5.43 Å². The minimum atomic E-state index is -0.570. The quantitative estimate of drug-likeness (QED) is 0.691. The number of morpholine rings is 1. The van der Waals surface area contributed by atoms with Gasteiger partial charge < -0.3 is 18.5 Å². The van der Waals surface area contributed by atoms with E-state index in [0.717, 1.165) is 13.1 Å². The third-order valence-electron chi connectivity index (χ3n) is 5.45. The van der Waals surface area contributed by atoms with Gasteiger partial charge in [-0.2, -0.15) is 0 Å². The molecule has 0 spiro atoms. The summed E-state index contributed by atoms with van der Waals surface area (Å²) in [5.41, 5.74) is 0.605. The molecule has 1 saturated heterocycles. The van der Waals surface area contributed by atoms with E-state index in [1.165, 1.54) is 0 Å². The third kappa shape index (κ3) is 2.75. The van der Waals surface area contributed by atoms with Gasteiger partial charge in [-0.15, -0.1) is 0 Å². The van der Waals surface area contributed by atoms with Gasteiger partial charge in [0, 0.05) is 26.2 Å². The predicted octanol–water partition coefficient (Wildman–Crippen LogP) is 2.26. The Bertz CT molecular complexity index is 1070. The summed E-state index contributed by atoms with van der Waals surface area (Å²) in [4.78, 5) is 30.3. The first-order valence-electron chi connectivity index (χ1n) is 9.44. The van der Waals surface area contributed by atoms with E-state index in [1.54, 1.807) is 47.6 Å². The summed E-state index contributed by atoms with van der Waals surface area (Å²) in [5.74, 6) is 0.413. The Morgan fingerprint density at radius 1 is 1.00 bits per heavy atom. The van der Waals surface area contributed by atoms with Gasteiger partial charge in [0.25, 0.3) is 5.91 Å². The number of furan rings is 1. The molecule has 2 aliphatic rings. The van der Waals surface area contributed by atoms with Crippen molar-refractivity contribution < 1.29 is 18.4 Å². The molecule has 1 atom stereocenters. The Morgan fingerprint density at radius 2 is 1.82 bits per heavy atom. The van der Waals surface area contributed by atoms with Crippen LogP contribution in [0.25, 0.3) is 11.0 Å². The van der Waals surface area contributed by atoms with Gasteiger partial charge in [-0.25, -0.2) is 0 Å². The van der Waals surface area contributed by atoms with Crippen molar-refractivity contribution >= 4 is 16.9 Å². The molecule has 144 valence electrons. The lowest BCUT2D eigenvalue weighted by molar-refractivity contribution is 0.0310. The standard InChI is InChI=1S/C21H20N2O5/c24-19-14-4-1-2-5-15(14)28-20-17(19)18(16-6-3-11-27-16)23(21(20)25)8-7-22-9-12-26-13-10-22/h1-6,11,18H,7-10,12-13H2/t18-/m1/s1. The monoisotopic (exact) mass is 380 g/mol. The second-order valence-electron chi connectivity index (χ2n) is 7.04. The SMILES string of the molecule is O=C1c2oc3ccccc3c(=O)c2[C@@H](c2ccco2)N1CCN1CCOCC1. The summed E-state index contributed by atoms with van der Waals surface area (Å²) in [6, 6.07) is 10.0. The second kappa shape index (κ2) is 6.92. The first-order valence-corrected chi connectivity index (χ1v) is 9.44. The maximum absolute atomic E-state index is 13.2. The lowest BCUT2D eigenvalue weighted by Crippen LogP contribution is -2.42. The molecule has 1 amide bonds. The number of fused-ring (bicyclic) bond motifs is 2. The van der Waals surface area contributed by atoms with Crippen molar-refractivity contribution in [3.8, 4) is 0 Å². The van der Waals surface area contributed by atoms with Crippen LogP contribution in [0.2, 0.25) is 0 Å². The van der Waals surface area contributed by atoms with Crippen molar-refractivity contribution in [2.75, 3.05) is 39.4 Å². The van der Waals surface area contributed by atoms with Crippen LogP contribution in [0.4, 0.5) is 0 Å². The number of ether oxygens (including phenoxy) is 1. The van der Waals surface area contributed by atoms with Crippen molar-refractivity contribution in [1.29, 1.82) is 0 Å². The summed E-state index contributed by atoms with van der Waals surface area (Å²) in [7, 11) is 0. The van der Waals surface area contributed by atoms with Crippen molar-refractivity contribution in [1.82, 2.24) is 9.80 Å². The van der Waals surface area contributed by atoms with Crippen LogP contribution in [-0.4, -0.2) is 55.1 Å². The largest absolute Gasteiger partial charge is 0.467 e. The molecule has 7 nitrogen and oxygen atoms in total. The predicted molar refractivity (Wildman–Crippen MR) is 101 cm³/mol. The average molecular weight is 380 g/mol. The molecule has 4 heterocycles. The normalized spacial score (nSPS) is 20.1. The lowest BCUT2D eigenvalue weighted by Gasteiger charge is -2.30. The topological polar surface area (TPSA) is 76.1 Å². The van der Waals surface area contributed by atoms with Gasteiger partial charge in [0.2, 0.25) is 5.76 Å². The van der Waals surface area contributed by atoms with E-state index in [2.05, 4.69) is 4.90 Å². The van der Waals surface area contributed by atoms with Crippen molar-refractivity contribution in [2.24, 2.45) is 0 Å². The van der Waals surface area contributed by atoms with E-state index in [1.807, 2.05) is 0 Å². The number of hydrogen-bond acceptors (Lipinski definition) is 6. The van der Waals surface area contributed by atoms with E-state index in [9.17, 15) is 9.59 Å². The Kier molecular flexibility index (Phi) is 4.26. The molecular formula is C21H20N2O5. The van der Waals surface area contributed by atoms with Gasteiger partial charge in [0.15, 0.2) is 5.43 Å². The second-order valence-corrected chi connectivity index (χ2v) is 7.04. The van der Waals surface area contributed by atoms with Crippen LogP contribution in [-0.2, 0) is 4.74 Å². The van der Waals surface area contributed by atoms with Gasteiger partial charge in [-0.1, -0.05) is 12.1 Å². The van der Waals surface area contributed by atoms with E-state index in [0.29, 0.717) is 48.6 Å². The number of carbonyl (C=O) groups is 1. The molecule has 0 bridgehead atoms. The van der Waals surface area contributed by atoms with Crippen LogP contribution in [0.1, 0.15) is 27.9 Å². The van der Waals surface area contributed by atoms with Gasteiger partial charge in [-0.05, 0) is 24.3 Å². The number of para-hydroxylation sites is 1. The van der Waals surface area contributed by atoms with E-state index in [4.69, 9.17) is 13.6 Å². The Morgan fingerprint density at radius 3 is 2.61 bits per heavy atom. The lowest BCUT2D eigenvalue weighted by atomic mass is 10.0. The summed E-state index contributed by atoms with van der Waals surface area (Å²) in [6.07, 6.45) is 1.56. The fourth-order valence-electron chi connectivity index (χ4n) is 4.01. The fourth-order valence-corrected chi connectivity index (χ4v) is 4.01. The molecule has 0 unspecified atom stereocenters. The molecule has 1 fully saturated rings. The number of nitrogens with zero attached hydrogens (tertiary/aromatic N) is 2. The van der Waals surface area contributed by atoms with E-state index in [-0.39, 0.29) is 17.1 Å². The highest BCUT2D eigenvalue weighted by Crippen LogP contribution is 2.38. The fraction of sp³-hybridized carbons (Fsp3) is 0.333. The Hall–Kier alpha value is -2.90. The molecule has 7 heteroatoms. The number of hydrogen-bond donors (Lipinski definition) is 0. The first-order chi connectivity index (χ1) is 13.7. The van der Waals surface area contributed by atoms with E-state index < -0.39 is 6.04 Å². The van der Waals surface area contributed by atoms with Gasteiger partial charge in [0.1, 0.15) is 17.4 Å². The van der Waals surface area contributed by atoms with Crippen molar-refractivity contribution in [3.63, 3.8) is 0 Å². The van der Waals surface area contributed by atoms with E-state index >= 15 is 0 Å². The molecule has 5 rings (SSSR count). The Labute approximate surface area is 161 Å². The van der Waals surface area contributed by atoms with Gasteiger partial charge >= 0.3 is 0 Å². The molecule has 3 aromatic rings. The van der Waals surface area contributed by atoms with Crippen molar-refractivity contribution in [2.45, 2.75) is 6.04 Å². The highest BCUT2D eigenvalue weighted by molar-refractivity contribution is 5.98. The summed E-state index contributed by atoms with van der Waals surface area (Å²) in [5, 5.41) is 0.473. The van der Waals surface area contributed by atoms with Crippen LogP contribution in [0.5, 0.6) is 0 Å². The van der Waals surface area contributed by atoms with Gasteiger partial charge in [-0.3, -0.25) is 14.5 Å². The average Bonchev–Trinajstić information content (AvgIpc) is 3.35. The third-order valence-corrected chi connectivity index (χ3v) is 5.45. The molecule has 0 radical (unpaired) electrons. The maximum atomic E-state index is 13.2. The zero-order valence-electron chi connectivity index (χ0n) is 15.3. The summed E-state index contributed by atoms with van der Waals surface area (Å²) >= 11 is 0. The summed E-state index contributed by atoms with van der Waals surface area (Å²) < 4.78 is 16.9. The molecular weight excluding hydrogens is 360 g/mol. The number of benzene rings is 1.